The Morgan fingerprint density at radius 1 is 1.40 bits per heavy atom. The van der Waals surface area contributed by atoms with Crippen LogP contribution in [0.25, 0.3) is 16.6 Å². The molecule has 9 nitrogen and oxygen atoms in total. The number of nitrogens with zero attached hydrogens (tertiary/aromatic N) is 5. The maximum absolute atomic E-state index is 9.33. The maximum Gasteiger partial charge on any atom is 0.146 e. The van der Waals surface area contributed by atoms with Gasteiger partial charge in [-0.15, -0.1) is 0 Å². The van der Waals surface area contributed by atoms with Gasteiger partial charge in [0.05, 0.1) is 25.5 Å². The zero-order valence-electron chi connectivity index (χ0n) is 20.8. The molecule has 1 aliphatic carbocycles. The molecule has 3 heterocycles. The summed E-state index contributed by atoms with van der Waals surface area (Å²) in [6, 6.07) is 4.44. The molecule has 0 amide bonds. The van der Waals surface area contributed by atoms with Crippen LogP contribution < -0.4 is 15.8 Å². The Balaban J connectivity index is 0.000000795. The fourth-order valence-electron chi connectivity index (χ4n) is 4.46. The van der Waals surface area contributed by atoms with E-state index in [1.807, 2.05) is 18.5 Å². The largest absolute Gasteiger partial charge is 0.494 e. The third-order valence-corrected chi connectivity index (χ3v) is 6.67. The molecule has 35 heavy (non-hydrogen) atoms. The van der Waals surface area contributed by atoms with Crippen LogP contribution in [0.4, 0.5) is 0 Å². The minimum Gasteiger partial charge on any atom is -0.494 e. The average molecular weight is 478 g/mol. The van der Waals surface area contributed by atoms with Crippen molar-refractivity contribution >= 4 is 11.8 Å². The summed E-state index contributed by atoms with van der Waals surface area (Å²) in [5.74, 6) is 0.627. The summed E-state index contributed by atoms with van der Waals surface area (Å²) in [5, 5.41) is 21.9. The molecule has 1 atom stereocenters. The van der Waals surface area contributed by atoms with Crippen LogP contribution in [-0.4, -0.2) is 51.4 Å². The second-order valence-electron chi connectivity index (χ2n) is 8.96. The average Bonchev–Trinajstić information content (AvgIpc) is 3.45. The number of nitrogens with one attached hydrogen (secondary N) is 1. The van der Waals surface area contributed by atoms with Crippen molar-refractivity contribution in [2.45, 2.75) is 57.5 Å². The zero-order valence-corrected chi connectivity index (χ0v) is 20.8. The number of carbonyl (C=O) groups excluding carboxylic acids is 1. The number of ether oxygens (including phenoxy) is 1. The smallest absolute Gasteiger partial charge is 0.146 e. The van der Waals surface area contributed by atoms with Gasteiger partial charge in [-0.3, -0.25) is 9.48 Å². The van der Waals surface area contributed by atoms with E-state index in [9.17, 15) is 5.26 Å². The van der Waals surface area contributed by atoms with E-state index >= 15 is 0 Å². The highest BCUT2D eigenvalue weighted by atomic mass is 16.5. The minimum absolute atomic E-state index is 0.00606. The fourth-order valence-corrected chi connectivity index (χ4v) is 4.46. The van der Waals surface area contributed by atoms with E-state index < -0.39 is 0 Å². The number of pyridine rings is 1. The van der Waals surface area contributed by atoms with Gasteiger partial charge in [-0.2, -0.15) is 15.5 Å². The molecule has 3 aromatic rings. The third kappa shape index (κ3) is 5.78. The highest BCUT2D eigenvalue weighted by Gasteiger charge is 2.31. The first-order valence-corrected chi connectivity index (χ1v) is 12.0. The van der Waals surface area contributed by atoms with E-state index in [0.29, 0.717) is 29.2 Å². The number of rotatable bonds is 10. The van der Waals surface area contributed by atoms with Crippen molar-refractivity contribution in [3.05, 3.63) is 48.6 Å². The normalized spacial score (nSPS) is 14.8. The first-order valence-electron chi connectivity index (χ1n) is 12.0. The van der Waals surface area contributed by atoms with Gasteiger partial charge in [0.15, 0.2) is 0 Å². The van der Waals surface area contributed by atoms with Crippen molar-refractivity contribution in [3.63, 3.8) is 0 Å². The summed E-state index contributed by atoms with van der Waals surface area (Å²) < 4.78 is 9.38. The van der Waals surface area contributed by atoms with E-state index in [2.05, 4.69) is 41.6 Å². The number of hydrogen-bond donors (Lipinski definition) is 2. The van der Waals surface area contributed by atoms with E-state index in [1.165, 1.54) is 12.5 Å². The first kappa shape index (κ1) is 26.1. The van der Waals surface area contributed by atoms with E-state index in [0.717, 1.165) is 55.6 Å². The predicted molar refractivity (Wildman–Crippen MR) is 136 cm³/mol. The molecule has 0 spiro atoms. The molecule has 0 saturated heterocycles. The van der Waals surface area contributed by atoms with Crippen LogP contribution in [-0.2, 0) is 4.79 Å². The Hall–Kier alpha value is -3.48. The van der Waals surface area contributed by atoms with Crippen molar-refractivity contribution in [2.24, 2.45) is 5.73 Å². The number of fused-ring (bicyclic) bond motifs is 1. The number of methoxy groups -OCH3 is 1. The molecule has 1 unspecified atom stereocenters. The molecule has 1 aliphatic rings. The molecule has 186 valence electrons. The molecule has 4 rings (SSSR count). The molecule has 0 radical (unpaired) electrons. The molecule has 1 fully saturated rings. The summed E-state index contributed by atoms with van der Waals surface area (Å²) in [6.45, 7) is 9.23. The van der Waals surface area contributed by atoms with Crippen molar-refractivity contribution in [1.29, 1.82) is 5.26 Å². The first-order chi connectivity index (χ1) is 16.9. The SMILES string of the molecule is C=CC=O.CCC(CCNCC1(N)CCC1)n1ncc(-c2cc(OC)c3c(C#N)cnn3c2)c1C. The molecule has 0 bridgehead atoms. The minimum atomic E-state index is 0.00606. The lowest BCUT2D eigenvalue weighted by Gasteiger charge is -2.38. The lowest BCUT2D eigenvalue weighted by atomic mass is 9.78. The van der Waals surface area contributed by atoms with Crippen LogP contribution in [0.5, 0.6) is 5.75 Å². The van der Waals surface area contributed by atoms with Crippen LogP contribution >= 0.6 is 0 Å². The number of allylic oxidation sites excluding steroid dienone is 1. The second kappa shape index (κ2) is 11.8. The quantitative estimate of drug-likeness (QED) is 0.260. The van der Waals surface area contributed by atoms with Crippen LogP contribution in [0.2, 0.25) is 0 Å². The van der Waals surface area contributed by atoms with Gasteiger partial charge in [-0.25, -0.2) is 4.52 Å². The monoisotopic (exact) mass is 477 g/mol. The summed E-state index contributed by atoms with van der Waals surface area (Å²) in [7, 11) is 1.61. The Kier molecular flexibility index (Phi) is 8.79. The highest BCUT2D eigenvalue weighted by Crippen LogP contribution is 2.32. The topological polar surface area (TPSA) is 123 Å². The molecule has 3 aromatic heterocycles. The molecular weight excluding hydrogens is 442 g/mol. The molecule has 9 heteroatoms. The lowest BCUT2D eigenvalue weighted by molar-refractivity contribution is -0.104. The van der Waals surface area contributed by atoms with Gasteiger partial charge >= 0.3 is 0 Å². The number of hydrogen-bond acceptors (Lipinski definition) is 7. The molecule has 0 aromatic carbocycles. The molecular formula is C26H35N7O2. The Bertz CT molecular complexity index is 1190. The Labute approximate surface area is 206 Å². The third-order valence-electron chi connectivity index (χ3n) is 6.67. The molecule has 1 saturated carbocycles. The van der Waals surface area contributed by atoms with Gasteiger partial charge in [0, 0.05) is 35.1 Å². The van der Waals surface area contributed by atoms with E-state index in [-0.39, 0.29) is 5.54 Å². The number of aromatic nitrogens is 4. The molecule has 0 aliphatic heterocycles. The summed E-state index contributed by atoms with van der Waals surface area (Å²) in [5.41, 5.74) is 10.6. The van der Waals surface area contributed by atoms with Crippen LogP contribution in [0, 0.1) is 18.3 Å². The standard InChI is InChI=1S/C23H31N7O.C3H4O/c1-4-19(6-9-26-15-23(25)7-5-8-23)30-16(2)20(13-28-30)17-10-21(31-3)22-18(11-24)12-27-29(22)14-17;1-2-3-4/h10,12-14,19,26H,4-9,15,25H2,1-3H3;2-3H,1H2. The zero-order chi connectivity index (χ0) is 25.4. The van der Waals surface area contributed by atoms with Crippen molar-refractivity contribution in [2.75, 3.05) is 20.2 Å². The predicted octanol–water partition coefficient (Wildman–Crippen LogP) is 3.57. The maximum atomic E-state index is 9.33. The lowest BCUT2D eigenvalue weighted by Crippen LogP contribution is -2.54. The van der Waals surface area contributed by atoms with E-state index in [1.54, 1.807) is 17.8 Å². The second-order valence-corrected chi connectivity index (χ2v) is 8.96. The van der Waals surface area contributed by atoms with Crippen LogP contribution in [0.3, 0.4) is 0 Å². The number of nitrogens with two attached hydrogens (primary N) is 1. The van der Waals surface area contributed by atoms with Gasteiger partial charge in [0.1, 0.15) is 29.2 Å². The Morgan fingerprint density at radius 2 is 2.14 bits per heavy atom. The van der Waals surface area contributed by atoms with Crippen molar-refractivity contribution in [3.8, 4) is 22.9 Å². The van der Waals surface area contributed by atoms with E-state index in [4.69, 9.17) is 20.4 Å². The van der Waals surface area contributed by atoms with Gasteiger partial charge in [0.25, 0.3) is 0 Å². The summed E-state index contributed by atoms with van der Waals surface area (Å²) in [4.78, 5) is 9.06. The number of carbonyl (C=O) groups is 1. The van der Waals surface area contributed by atoms with Crippen molar-refractivity contribution < 1.29 is 9.53 Å². The van der Waals surface area contributed by atoms with Crippen molar-refractivity contribution in [1.82, 2.24) is 24.7 Å². The van der Waals surface area contributed by atoms with Gasteiger partial charge in [-0.05, 0) is 57.7 Å². The fraction of sp³-hybridized carbons (Fsp3) is 0.462. The van der Waals surface area contributed by atoms with Crippen LogP contribution in [0.15, 0.2) is 37.3 Å². The number of nitriles is 1. The van der Waals surface area contributed by atoms with Gasteiger partial charge in [-0.1, -0.05) is 13.5 Å². The van der Waals surface area contributed by atoms with Crippen LogP contribution in [0.1, 0.15) is 56.3 Å². The number of aldehydes is 1. The highest BCUT2D eigenvalue weighted by molar-refractivity contribution is 5.75. The summed E-state index contributed by atoms with van der Waals surface area (Å²) >= 11 is 0. The Morgan fingerprint density at radius 3 is 2.71 bits per heavy atom. The van der Waals surface area contributed by atoms with Gasteiger partial charge in [0.2, 0.25) is 0 Å². The molecule has 3 N–H and O–H groups in total. The van der Waals surface area contributed by atoms with Gasteiger partial charge < -0.3 is 15.8 Å². The summed E-state index contributed by atoms with van der Waals surface area (Å²) in [6.07, 6.45) is 12.7.